The molecule has 1 aromatic carbocycles. The standard InChI is InChI=1S/C23H24N6O3.C2HF3O2/c1-28-14-17(13-25-28)19-15-32-27-23(19)16-5-6-24-22(11-16)26-20-4-3-18(12-21(20)30-2)29-7-9-31-10-8-29;3-2(4,5)1(6)7/h3-6,11-15H,7-10H2,1-2H3,(H,24,26);(H,6,7). The number of hydrogen-bond acceptors (Lipinski definition) is 9. The highest BCUT2D eigenvalue weighted by Gasteiger charge is 2.38. The van der Waals surface area contributed by atoms with Crippen LogP contribution in [0.3, 0.4) is 0 Å². The lowest BCUT2D eigenvalue weighted by Gasteiger charge is -2.29. The molecular formula is C25H25F3N6O5. The Bertz CT molecular complexity index is 1420. The zero-order valence-electron chi connectivity index (χ0n) is 21.0. The highest BCUT2D eigenvalue weighted by molar-refractivity contribution is 5.81. The summed E-state index contributed by atoms with van der Waals surface area (Å²) in [4.78, 5) is 15.7. The largest absolute Gasteiger partial charge is 0.494 e. The van der Waals surface area contributed by atoms with E-state index in [1.54, 1.807) is 30.4 Å². The second kappa shape index (κ2) is 11.9. The Morgan fingerprint density at radius 3 is 2.54 bits per heavy atom. The van der Waals surface area contributed by atoms with Crippen LogP contribution in [0.15, 0.2) is 59.7 Å². The van der Waals surface area contributed by atoms with Crippen LogP contribution in [0.4, 0.5) is 30.4 Å². The Morgan fingerprint density at radius 2 is 1.90 bits per heavy atom. The summed E-state index contributed by atoms with van der Waals surface area (Å²) in [5.74, 6) is -1.33. The van der Waals surface area contributed by atoms with E-state index >= 15 is 0 Å². The maximum atomic E-state index is 10.6. The molecule has 4 aromatic rings. The zero-order valence-corrected chi connectivity index (χ0v) is 21.0. The fourth-order valence-corrected chi connectivity index (χ4v) is 3.80. The van der Waals surface area contributed by atoms with E-state index in [2.05, 4.69) is 31.5 Å². The van der Waals surface area contributed by atoms with Crippen molar-refractivity contribution in [1.29, 1.82) is 0 Å². The molecule has 1 aliphatic rings. The monoisotopic (exact) mass is 546 g/mol. The van der Waals surface area contributed by atoms with E-state index in [0.717, 1.165) is 65.8 Å². The first-order chi connectivity index (χ1) is 18.7. The molecule has 5 rings (SSSR count). The number of benzene rings is 1. The molecule has 0 bridgehead atoms. The van der Waals surface area contributed by atoms with Gasteiger partial charge in [-0.15, -0.1) is 0 Å². The zero-order chi connectivity index (χ0) is 28.0. The summed E-state index contributed by atoms with van der Waals surface area (Å²) in [6, 6.07) is 9.97. The van der Waals surface area contributed by atoms with Gasteiger partial charge in [0.1, 0.15) is 23.5 Å². The number of methoxy groups -OCH3 is 1. The van der Waals surface area contributed by atoms with Crippen LogP contribution in [0, 0.1) is 0 Å². The molecule has 0 atom stereocenters. The fourth-order valence-electron chi connectivity index (χ4n) is 3.80. The predicted molar refractivity (Wildman–Crippen MR) is 135 cm³/mol. The minimum absolute atomic E-state index is 0.681. The number of alkyl halides is 3. The van der Waals surface area contributed by atoms with Crippen LogP contribution in [-0.2, 0) is 16.6 Å². The summed E-state index contributed by atoms with van der Waals surface area (Å²) in [6.45, 7) is 3.22. The van der Waals surface area contributed by atoms with Gasteiger partial charge in [-0.1, -0.05) is 5.16 Å². The normalized spacial score (nSPS) is 13.4. The van der Waals surface area contributed by atoms with Crippen molar-refractivity contribution >= 4 is 23.2 Å². The number of nitrogens with one attached hydrogen (secondary N) is 1. The molecule has 0 unspecified atom stereocenters. The molecule has 0 aliphatic carbocycles. The maximum Gasteiger partial charge on any atom is 0.490 e. The number of morpholine rings is 1. The van der Waals surface area contributed by atoms with Crippen molar-refractivity contribution in [2.45, 2.75) is 6.18 Å². The van der Waals surface area contributed by atoms with Crippen LogP contribution in [-0.4, -0.2) is 70.6 Å². The van der Waals surface area contributed by atoms with Gasteiger partial charge in [0.05, 0.1) is 37.8 Å². The Morgan fingerprint density at radius 1 is 1.15 bits per heavy atom. The molecule has 1 saturated heterocycles. The summed E-state index contributed by atoms with van der Waals surface area (Å²) >= 11 is 0. The van der Waals surface area contributed by atoms with Crippen LogP contribution >= 0.6 is 0 Å². The molecule has 14 heteroatoms. The van der Waals surface area contributed by atoms with Crippen LogP contribution in [0.2, 0.25) is 0 Å². The first-order valence-electron chi connectivity index (χ1n) is 11.6. The second-order valence-electron chi connectivity index (χ2n) is 8.32. The van der Waals surface area contributed by atoms with Gasteiger partial charge in [-0.25, -0.2) is 9.78 Å². The number of pyridine rings is 1. The number of carbonyl (C=O) groups is 1. The number of nitrogens with zero attached hydrogens (tertiary/aromatic N) is 5. The van der Waals surface area contributed by atoms with Crippen LogP contribution in [0.25, 0.3) is 22.4 Å². The number of carboxylic acids is 1. The van der Waals surface area contributed by atoms with Gasteiger partial charge in [-0.05, 0) is 24.3 Å². The maximum absolute atomic E-state index is 10.6. The molecule has 4 heterocycles. The SMILES string of the molecule is COc1cc(N2CCOCC2)ccc1Nc1cc(-c2nocc2-c2cnn(C)c2)ccn1.O=C(O)C(F)(F)F. The summed E-state index contributed by atoms with van der Waals surface area (Å²) in [7, 11) is 3.55. The second-order valence-corrected chi connectivity index (χ2v) is 8.32. The van der Waals surface area contributed by atoms with Crippen LogP contribution < -0.4 is 15.0 Å². The Labute approximate surface area is 220 Å². The number of aromatic nitrogens is 4. The van der Waals surface area contributed by atoms with E-state index in [-0.39, 0.29) is 0 Å². The Hall–Kier alpha value is -4.59. The lowest BCUT2D eigenvalue weighted by atomic mass is 10.1. The van der Waals surface area contributed by atoms with Gasteiger partial charge in [0.2, 0.25) is 0 Å². The molecule has 3 aromatic heterocycles. The van der Waals surface area contributed by atoms with E-state index in [1.165, 1.54) is 0 Å². The van der Waals surface area contributed by atoms with Crippen molar-refractivity contribution in [1.82, 2.24) is 19.9 Å². The number of ether oxygens (including phenoxy) is 2. The van der Waals surface area contributed by atoms with E-state index in [9.17, 15) is 13.2 Å². The third-order valence-corrected chi connectivity index (χ3v) is 5.69. The lowest BCUT2D eigenvalue weighted by Crippen LogP contribution is -2.36. The topological polar surface area (TPSA) is 128 Å². The van der Waals surface area contributed by atoms with E-state index < -0.39 is 12.1 Å². The third-order valence-electron chi connectivity index (χ3n) is 5.69. The molecular weight excluding hydrogens is 521 g/mol. The molecule has 0 spiro atoms. The molecule has 11 nitrogen and oxygen atoms in total. The summed E-state index contributed by atoms with van der Waals surface area (Å²) in [5.41, 5.74) is 5.39. The first kappa shape index (κ1) is 27.4. The van der Waals surface area contributed by atoms with Gasteiger partial charge >= 0.3 is 12.1 Å². The molecule has 2 N–H and O–H groups in total. The Balaban J connectivity index is 0.000000448. The lowest BCUT2D eigenvalue weighted by molar-refractivity contribution is -0.192. The van der Waals surface area contributed by atoms with Crippen LogP contribution in [0.1, 0.15) is 0 Å². The quantitative estimate of drug-likeness (QED) is 0.360. The van der Waals surface area contributed by atoms with Crippen molar-refractivity contribution in [3.8, 4) is 28.1 Å². The average molecular weight is 547 g/mol. The van der Waals surface area contributed by atoms with Gasteiger partial charge in [-0.2, -0.15) is 18.3 Å². The highest BCUT2D eigenvalue weighted by Crippen LogP contribution is 2.34. The fraction of sp³-hybridized carbons (Fsp3) is 0.280. The van der Waals surface area contributed by atoms with Gasteiger partial charge < -0.3 is 29.3 Å². The smallest absolute Gasteiger partial charge is 0.490 e. The Kier molecular flexibility index (Phi) is 8.34. The van der Waals surface area contributed by atoms with Crippen molar-refractivity contribution < 1.29 is 37.1 Å². The molecule has 39 heavy (non-hydrogen) atoms. The van der Waals surface area contributed by atoms with Gasteiger partial charge in [0.15, 0.2) is 0 Å². The molecule has 1 fully saturated rings. The number of hydrogen-bond donors (Lipinski definition) is 2. The number of carboxylic acid groups (broad SMARTS) is 1. The number of anilines is 3. The van der Waals surface area contributed by atoms with Crippen molar-refractivity contribution in [3.05, 3.63) is 55.2 Å². The molecule has 1 aliphatic heterocycles. The average Bonchev–Trinajstić information content (AvgIpc) is 3.58. The van der Waals surface area contributed by atoms with Crippen LogP contribution in [0.5, 0.6) is 5.75 Å². The molecule has 0 saturated carbocycles. The van der Waals surface area contributed by atoms with Gasteiger partial charge in [-0.3, -0.25) is 4.68 Å². The first-order valence-corrected chi connectivity index (χ1v) is 11.6. The van der Waals surface area contributed by atoms with E-state index in [0.29, 0.717) is 5.82 Å². The van der Waals surface area contributed by atoms with Crippen molar-refractivity contribution in [3.63, 3.8) is 0 Å². The summed E-state index contributed by atoms with van der Waals surface area (Å²) < 4.78 is 49.8. The third kappa shape index (κ3) is 6.84. The number of rotatable bonds is 6. The van der Waals surface area contributed by atoms with Crippen molar-refractivity contribution in [2.75, 3.05) is 43.6 Å². The van der Waals surface area contributed by atoms with Gasteiger partial charge in [0, 0.05) is 55.4 Å². The van der Waals surface area contributed by atoms with Crippen molar-refractivity contribution in [2.24, 2.45) is 7.05 Å². The molecule has 0 amide bonds. The molecule has 206 valence electrons. The minimum atomic E-state index is -5.08. The molecule has 0 radical (unpaired) electrons. The predicted octanol–water partition coefficient (Wildman–Crippen LogP) is 4.36. The number of aliphatic carboxylic acids is 1. The number of halogens is 3. The minimum Gasteiger partial charge on any atom is -0.494 e. The highest BCUT2D eigenvalue weighted by atomic mass is 19.4. The summed E-state index contributed by atoms with van der Waals surface area (Å²) in [5, 5.41) is 18.9. The number of aryl methyl sites for hydroxylation is 1. The van der Waals surface area contributed by atoms with E-state index in [1.807, 2.05) is 37.5 Å². The van der Waals surface area contributed by atoms with Gasteiger partial charge in [0.25, 0.3) is 0 Å². The van der Waals surface area contributed by atoms with E-state index in [4.69, 9.17) is 23.9 Å². The summed E-state index contributed by atoms with van der Waals surface area (Å²) in [6.07, 6.45) is 2.01.